The number of hydrogen-bond donors (Lipinski definition) is 2. The van der Waals surface area contributed by atoms with Gasteiger partial charge in [-0.05, 0) is 56.0 Å². The molecule has 0 bridgehead atoms. The third-order valence-corrected chi connectivity index (χ3v) is 5.24. The fourth-order valence-corrected chi connectivity index (χ4v) is 3.98. The number of carbonyl (C=O) groups excluding carboxylic acids is 1. The summed E-state index contributed by atoms with van der Waals surface area (Å²) in [5.41, 5.74) is 1.24. The first kappa shape index (κ1) is 17.2. The number of amides is 1. The molecule has 0 spiro atoms. The normalized spacial score (nSPS) is 24.1. The van der Waals surface area contributed by atoms with Crippen LogP contribution in [0.1, 0.15) is 36.2 Å². The maximum absolute atomic E-state index is 13.3. The van der Waals surface area contributed by atoms with E-state index in [0.29, 0.717) is 23.2 Å². The van der Waals surface area contributed by atoms with Gasteiger partial charge in [0.15, 0.2) is 0 Å². The zero-order valence-electron chi connectivity index (χ0n) is 13.6. The standard InChI is InChI=1S/C18H22FN3O.ClH/c19-14-5-4-12-9-17(21-16(12)10-14)18(23)22-8-6-15-13(11-22)3-1-2-7-20-15;/h4-5,9-10,13,15,20-21H,1-3,6-8,11H2;1H/t13-,15+;/m0./s1. The van der Waals surface area contributed by atoms with E-state index in [1.165, 1.54) is 31.4 Å². The number of benzene rings is 1. The molecule has 2 fully saturated rings. The van der Waals surface area contributed by atoms with E-state index in [-0.39, 0.29) is 24.1 Å². The van der Waals surface area contributed by atoms with Crippen molar-refractivity contribution in [2.75, 3.05) is 19.6 Å². The van der Waals surface area contributed by atoms with Crippen LogP contribution in [0.25, 0.3) is 10.9 Å². The number of hydrogen-bond acceptors (Lipinski definition) is 2. The SMILES string of the molecule is Cl.O=C(c1cc2ccc(F)cc2[nH]1)N1CC[C@H]2NCCCC[C@H]2C1. The van der Waals surface area contributed by atoms with E-state index in [9.17, 15) is 9.18 Å². The lowest BCUT2D eigenvalue weighted by molar-refractivity contribution is 0.0626. The average Bonchev–Trinajstić information content (AvgIpc) is 2.83. The number of likely N-dealkylation sites (tertiary alicyclic amines) is 1. The molecule has 2 saturated heterocycles. The fraction of sp³-hybridized carbons (Fsp3) is 0.500. The molecular formula is C18H23ClFN3O. The number of piperidine rings is 1. The quantitative estimate of drug-likeness (QED) is 0.828. The molecule has 24 heavy (non-hydrogen) atoms. The predicted molar refractivity (Wildman–Crippen MR) is 95.2 cm³/mol. The molecule has 0 aliphatic carbocycles. The molecule has 0 saturated carbocycles. The van der Waals surface area contributed by atoms with Crippen LogP contribution in [0.4, 0.5) is 4.39 Å². The number of nitrogens with one attached hydrogen (secondary N) is 2. The van der Waals surface area contributed by atoms with Crippen molar-refractivity contribution < 1.29 is 9.18 Å². The Kier molecular flexibility index (Phi) is 5.11. The maximum atomic E-state index is 13.3. The zero-order chi connectivity index (χ0) is 15.8. The van der Waals surface area contributed by atoms with Gasteiger partial charge in [-0.3, -0.25) is 4.79 Å². The summed E-state index contributed by atoms with van der Waals surface area (Å²) in [4.78, 5) is 17.8. The van der Waals surface area contributed by atoms with Crippen LogP contribution < -0.4 is 5.32 Å². The Morgan fingerprint density at radius 2 is 2.08 bits per heavy atom. The number of aromatic amines is 1. The summed E-state index contributed by atoms with van der Waals surface area (Å²) in [6, 6.07) is 6.95. The van der Waals surface area contributed by atoms with Gasteiger partial charge in [0.2, 0.25) is 0 Å². The van der Waals surface area contributed by atoms with Gasteiger partial charge in [0.1, 0.15) is 11.5 Å². The van der Waals surface area contributed by atoms with Crippen LogP contribution in [0.5, 0.6) is 0 Å². The van der Waals surface area contributed by atoms with E-state index in [2.05, 4.69) is 10.3 Å². The summed E-state index contributed by atoms with van der Waals surface area (Å²) in [7, 11) is 0. The number of carbonyl (C=O) groups is 1. The van der Waals surface area contributed by atoms with Crippen LogP contribution in [0, 0.1) is 11.7 Å². The molecule has 1 aromatic carbocycles. The highest BCUT2D eigenvalue weighted by molar-refractivity contribution is 5.98. The molecule has 0 unspecified atom stereocenters. The molecule has 6 heteroatoms. The lowest BCUT2D eigenvalue weighted by Crippen LogP contribution is -2.50. The predicted octanol–water partition coefficient (Wildman–Crippen LogP) is 3.33. The van der Waals surface area contributed by atoms with Gasteiger partial charge < -0.3 is 15.2 Å². The molecule has 130 valence electrons. The first-order valence-electron chi connectivity index (χ1n) is 8.51. The second-order valence-corrected chi connectivity index (χ2v) is 6.77. The van der Waals surface area contributed by atoms with Crippen molar-refractivity contribution in [1.82, 2.24) is 15.2 Å². The second-order valence-electron chi connectivity index (χ2n) is 6.77. The van der Waals surface area contributed by atoms with Gasteiger partial charge in [-0.15, -0.1) is 12.4 Å². The molecule has 2 aliphatic rings. The Bertz CT molecular complexity index is 732. The average molecular weight is 352 g/mol. The van der Waals surface area contributed by atoms with E-state index in [1.54, 1.807) is 6.07 Å². The molecule has 4 rings (SSSR count). The van der Waals surface area contributed by atoms with Crippen LogP contribution in [-0.2, 0) is 0 Å². The highest BCUT2D eigenvalue weighted by Crippen LogP contribution is 2.26. The van der Waals surface area contributed by atoms with Gasteiger partial charge in [-0.25, -0.2) is 4.39 Å². The third-order valence-electron chi connectivity index (χ3n) is 5.24. The molecule has 0 radical (unpaired) electrons. The summed E-state index contributed by atoms with van der Waals surface area (Å²) in [5, 5.41) is 4.50. The molecule has 2 atom stereocenters. The lowest BCUT2D eigenvalue weighted by Gasteiger charge is -2.38. The number of aromatic nitrogens is 1. The maximum Gasteiger partial charge on any atom is 0.270 e. The third kappa shape index (κ3) is 3.28. The van der Waals surface area contributed by atoms with Gasteiger partial charge in [0.05, 0.1) is 0 Å². The Morgan fingerprint density at radius 1 is 1.21 bits per heavy atom. The monoisotopic (exact) mass is 351 g/mol. The molecule has 2 N–H and O–H groups in total. The highest BCUT2D eigenvalue weighted by atomic mass is 35.5. The van der Waals surface area contributed by atoms with Gasteiger partial charge in [0.25, 0.3) is 5.91 Å². The van der Waals surface area contributed by atoms with Gasteiger partial charge in [-0.1, -0.05) is 6.42 Å². The van der Waals surface area contributed by atoms with Crippen LogP contribution in [-0.4, -0.2) is 41.5 Å². The van der Waals surface area contributed by atoms with Gasteiger partial charge in [0, 0.05) is 30.0 Å². The summed E-state index contributed by atoms with van der Waals surface area (Å²) in [6.07, 6.45) is 4.68. The summed E-state index contributed by atoms with van der Waals surface area (Å²) in [6.45, 7) is 2.71. The van der Waals surface area contributed by atoms with Crippen LogP contribution in [0.2, 0.25) is 0 Å². The Labute approximate surface area is 147 Å². The van der Waals surface area contributed by atoms with Gasteiger partial charge in [-0.2, -0.15) is 0 Å². The number of H-pyrrole nitrogens is 1. The van der Waals surface area contributed by atoms with E-state index < -0.39 is 0 Å². The van der Waals surface area contributed by atoms with E-state index in [1.807, 2.05) is 11.0 Å². The minimum absolute atomic E-state index is 0. The van der Waals surface area contributed by atoms with E-state index >= 15 is 0 Å². The van der Waals surface area contributed by atoms with E-state index in [0.717, 1.165) is 31.4 Å². The molecule has 1 aromatic heterocycles. The minimum atomic E-state index is -0.288. The molecule has 3 heterocycles. The largest absolute Gasteiger partial charge is 0.350 e. The Hall–Kier alpha value is -1.59. The van der Waals surface area contributed by atoms with Crippen molar-refractivity contribution in [3.63, 3.8) is 0 Å². The van der Waals surface area contributed by atoms with Crippen LogP contribution in [0.3, 0.4) is 0 Å². The van der Waals surface area contributed by atoms with Crippen molar-refractivity contribution in [1.29, 1.82) is 0 Å². The van der Waals surface area contributed by atoms with Crippen molar-refractivity contribution >= 4 is 29.2 Å². The first-order valence-corrected chi connectivity index (χ1v) is 8.51. The lowest BCUT2D eigenvalue weighted by atomic mass is 9.89. The van der Waals surface area contributed by atoms with Crippen LogP contribution in [0.15, 0.2) is 24.3 Å². The molecule has 4 nitrogen and oxygen atoms in total. The topological polar surface area (TPSA) is 48.1 Å². The number of rotatable bonds is 1. The van der Waals surface area contributed by atoms with E-state index in [4.69, 9.17) is 0 Å². The fourth-order valence-electron chi connectivity index (χ4n) is 3.98. The van der Waals surface area contributed by atoms with Crippen LogP contribution >= 0.6 is 12.4 Å². The summed E-state index contributed by atoms with van der Waals surface area (Å²) in [5.74, 6) is 0.296. The zero-order valence-corrected chi connectivity index (χ0v) is 14.4. The minimum Gasteiger partial charge on any atom is -0.350 e. The van der Waals surface area contributed by atoms with Gasteiger partial charge >= 0.3 is 0 Å². The van der Waals surface area contributed by atoms with Crippen molar-refractivity contribution in [2.24, 2.45) is 5.92 Å². The smallest absolute Gasteiger partial charge is 0.270 e. The highest BCUT2D eigenvalue weighted by Gasteiger charge is 2.32. The number of fused-ring (bicyclic) bond motifs is 2. The molecule has 2 aromatic rings. The van der Waals surface area contributed by atoms with Crippen molar-refractivity contribution in [3.05, 3.63) is 35.8 Å². The van der Waals surface area contributed by atoms with Crippen molar-refractivity contribution in [2.45, 2.75) is 31.7 Å². The summed E-state index contributed by atoms with van der Waals surface area (Å²) >= 11 is 0. The Balaban J connectivity index is 0.00000169. The first-order chi connectivity index (χ1) is 11.2. The number of nitrogens with zero attached hydrogens (tertiary/aromatic N) is 1. The Morgan fingerprint density at radius 3 is 2.96 bits per heavy atom. The number of halogens is 2. The summed E-state index contributed by atoms with van der Waals surface area (Å²) < 4.78 is 13.3. The van der Waals surface area contributed by atoms with Crippen molar-refractivity contribution in [3.8, 4) is 0 Å². The molecular weight excluding hydrogens is 329 g/mol. The second kappa shape index (κ2) is 7.11. The molecule has 2 aliphatic heterocycles. The molecule has 1 amide bonds.